The summed E-state index contributed by atoms with van der Waals surface area (Å²) in [5.74, 6) is 0. The van der Waals surface area contributed by atoms with E-state index in [-0.39, 0.29) is 6.61 Å². The van der Waals surface area contributed by atoms with Gasteiger partial charge in [-0.2, -0.15) is 0 Å². The first-order chi connectivity index (χ1) is 4.41. The normalized spacial score (nSPS) is 9.78. The van der Waals surface area contributed by atoms with Crippen LogP contribution in [-0.4, -0.2) is 11.7 Å². The highest BCUT2D eigenvalue weighted by Gasteiger charge is 1.58. The Kier molecular flexibility index (Phi) is 19.6. The van der Waals surface area contributed by atoms with E-state index in [1.807, 2.05) is 32.9 Å². The molecule has 54 valence electrons. The van der Waals surface area contributed by atoms with Gasteiger partial charge in [-0.3, -0.25) is 0 Å². The van der Waals surface area contributed by atoms with Crippen molar-refractivity contribution in [1.82, 2.24) is 0 Å². The Morgan fingerprint density at radius 2 is 1.78 bits per heavy atom. The van der Waals surface area contributed by atoms with Crippen LogP contribution in [0.15, 0.2) is 24.3 Å². The van der Waals surface area contributed by atoms with Crippen LogP contribution in [0.3, 0.4) is 0 Å². The van der Waals surface area contributed by atoms with Crippen molar-refractivity contribution in [2.75, 3.05) is 6.61 Å². The minimum Gasteiger partial charge on any atom is -0.392 e. The maximum absolute atomic E-state index is 8.17. The molecule has 0 aliphatic rings. The van der Waals surface area contributed by atoms with Crippen LogP contribution >= 0.6 is 0 Å². The fraction of sp³-hybridized carbons (Fsp3) is 0.500. The Labute approximate surface area is 57.7 Å². The van der Waals surface area contributed by atoms with Gasteiger partial charge in [0.15, 0.2) is 0 Å². The third-order valence-corrected chi connectivity index (χ3v) is 0.545. The van der Waals surface area contributed by atoms with Crippen LogP contribution in [0, 0.1) is 0 Å². The molecule has 0 aliphatic carbocycles. The summed E-state index contributed by atoms with van der Waals surface area (Å²) in [6.07, 6.45) is 7.27. The van der Waals surface area contributed by atoms with Crippen LogP contribution in [0.25, 0.3) is 0 Å². The second-order valence-electron chi connectivity index (χ2n) is 1.14. The summed E-state index contributed by atoms with van der Waals surface area (Å²) in [5, 5.41) is 8.17. The summed E-state index contributed by atoms with van der Waals surface area (Å²) in [6, 6.07) is 0. The molecular formula is C8H16O. The van der Waals surface area contributed by atoms with Gasteiger partial charge in [-0.15, -0.1) is 0 Å². The molecule has 0 heterocycles. The number of rotatable bonds is 2. The fourth-order valence-electron chi connectivity index (χ4n) is 0.251. The number of aliphatic hydroxyl groups is 1. The maximum Gasteiger partial charge on any atom is 0.0615 e. The summed E-state index contributed by atoms with van der Waals surface area (Å²) in [7, 11) is 0. The number of allylic oxidation sites excluding steroid dienone is 3. The lowest BCUT2D eigenvalue weighted by molar-refractivity contribution is 0.343. The van der Waals surface area contributed by atoms with Gasteiger partial charge in [0.1, 0.15) is 0 Å². The van der Waals surface area contributed by atoms with Gasteiger partial charge >= 0.3 is 0 Å². The first-order valence-corrected chi connectivity index (χ1v) is 3.30. The van der Waals surface area contributed by atoms with Crippen molar-refractivity contribution in [1.29, 1.82) is 0 Å². The van der Waals surface area contributed by atoms with E-state index in [2.05, 4.69) is 0 Å². The Morgan fingerprint density at radius 1 is 1.22 bits per heavy atom. The quantitative estimate of drug-likeness (QED) is 0.565. The van der Waals surface area contributed by atoms with Gasteiger partial charge in [-0.25, -0.2) is 0 Å². The Morgan fingerprint density at radius 3 is 2.11 bits per heavy atom. The number of hydrogen-bond donors (Lipinski definition) is 1. The van der Waals surface area contributed by atoms with Gasteiger partial charge < -0.3 is 5.11 Å². The predicted molar refractivity (Wildman–Crippen MR) is 42.4 cm³/mol. The zero-order chi connectivity index (χ0) is 7.54. The van der Waals surface area contributed by atoms with E-state index < -0.39 is 0 Å². The molecule has 0 saturated carbocycles. The summed E-state index contributed by atoms with van der Waals surface area (Å²) in [5.41, 5.74) is 0. The molecule has 0 spiro atoms. The highest BCUT2D eigenvalue weighted by atomic mass is 16.2. The zero-order valence-electron chi connectivity index (χ0n) is 6.46. The lowest BCUT2D eigenvalue weighted by atomic mass is 10.4. The Balaban J connectivity index is 0. The molecule has 0 bridgehead atoms. The molecular weight excluding hydrogens is 112 g/mol. The van der Waals surface area contributed by atoms with E-state index in [9.17, 15) is 0 Å². The van der Waals surface area contributed by atoms with Gasteiger partial charge in [-0.05, 0) is 6.92 Å². The maximum atomic E-state index is 8.17. The van der Waals surface area contributed by atoms with Crippen LogP contribution in [0.4, 0.5) is 0 Å². The molecule has 0 aromatic carbocycles. The average Bonchev–Trinajstić information content (AvgIpc) is 1.94. The average molecular weight is 128 g/mol. The minimum absolute atomic E-state index is 0.129. The lowest BCUT2D eigenvalue weighted by Gasteiger charge is -1.70. The molecule has 0 fully saturated rings. The number of hydrogen-bond acceptors (Lipinski definition) is 1. The smallest absolute Gasteiger partial charge is 0.0615 e. The van der Waals surface area contributed by atoms with Crippen LogP contribution in [-0.2, 0) is 0 Å². The standard InChI is InChI=1S/C6H10O.C2H6/c1-2-3-4-5-6-7;1-2/h2-5,7H,6H2,1H3;1-2H3/b3-2+,5-4+;. The highest BCUT2D eigenvalue weighted by molar-refractivity contribution is 5.00. The lowest BCUT2D eigenvalue weighted by Crippen LogP contribution is -1.66. The van der Waals surface area contributed by atoms with Crippen molar-refractivity contribution >= 4 is 0 Å². The van der Waals surface area contributed by atoms with Crippen LogP contribution in [0.5, 0.6) is 0 Å². The predicted octanol–water partition coefficient (Wildman–Crippen LogP) is 2.14. The summed E-state index contributed by atoms with van der Waals surface area (Å²) < 4.78 is 0. The van der Waals surface area contributed by atoms with E-state index in [0.29, 0.717) is 0 Å². The van der Waals surface area contributed by atoms with Crippen molar-refractivity contribution in [3.05, 3.63) is 24.3 Å². The third-order valence-electron chi connectivity index (χ3n) is 0.545. The second kappa shape index (κ2) is 15.7. The summed E-state index contributed by atoms with van der Waals surface area (Å²) >= 11 is 0. The molecule has 1 heteroatoms. The van der Waals surface area contributed by atoms with Crippen molar-refractivity contribution in [2.24, 2.45) is 0 Å². The molecule has 0 saturated heterocycles. The van der Waals surface area contributed by atoms with Crippen molar-refractivity contribution < 1.29 is 5.11 Å². The topological polar surface area (TPSA) is 20.2 Å². The third kappa shape index (κ3) is 18.6. The van der Waals surface area contributed by atoms with E-state index >= 15 is 0 Å². The monoisotopic (exact) mass is 128 g/mol. The molecule has 0 aromatic rings. The van der Waals surface area contributed by atoms with Crippen molar-refractivity contribution in [3.63, 3.8) is 0 Å². The van der Waals surface area contributed by atoms with E-state index in [1.54, 1.807) is 12.2 Å². The van der Waals surface area contributed by atoms with E-state index in [4.69, 9.17) is 5.11 Å². The molecule has 0 aromatic heterocycles. The van der Waals surface area contributed by atoms with Crippen molar-refractivity contribution in [2.45, 2.75) is 20.8 Å². The largest absolute Gasteiger partial charge is 0.392 e. The Bertz CT molecular complexity index is 72.6. The summed E-state index contributed by atoms with van der Waals surface area (Å²) in [6.45, 7) is 6.06. The van der Waals surface area contributed by atoms with Gasteiger partial charge in [0.25, 0.3) is 0 Å². The van der Waals surface area contributed by atoms with E-state index in [0.717, 1.165) is 0 Å². The SMILES string of the molecule is C/C=C/C=C/CO.CC. The Hall–Kier alpha value is -0.560. The van der Waals surface area contributed by atoms with Crippen LogP contribution < -0.4 is 0 Å². The molecule has 0 rings (SSSR count). The molecule has 1 N–H and O–H groups in total. The molecule has 0 radical (unpaired) electrons. The summed E-state index contributed by atoms with van der Waals surface area (Å²) in [4.78, 5) is 0. The first kappa shape index (κ1) is 11.3. The van der Waals surface area contributed by atoms with Crippen LogP contribution in [0.1, 0.15) is 20.8 Å². The molecule has 0 atom stereocenters. The van der Waals surface area contributed by atoms with Gasteiger partial charge in [-0.1, -0.05) is 38.2 Å². The second-order valence-corrected chi connectivity index (χ2v) is 1.14. The minimum atomic E-state index is 0.129. The molecule has 0 unspecified atom stereocenters. The molecule has 9 heavy (non-hydrogen) atoms. The fourth-order valence-corrected chi connectivity index (χ4v) is 0.251. The van der Waals surface area contributed by atoms with Crippen molar-refractivity contribution in [3.8, 4) is 0 Å². The van der Waals surface area contributed by atoms with E-state index in [1.165, 1.54) is 0 Å². The number of aliphatic hydroxyl groups excluding tert-OH is 1. The highest BCUT2D eigenvalue weighted by Crippen LogP contribution is 1.72. The van der Waals surface area contributed by atoms with Gasteiger partial charge in [0.05, 0.1) is 6.61 Å². The molecule has 1 nitrogen and oxygen atoms in total. The first-order valence-electron chi connectivity index (χ1n) is 3.30. The van der Waals surface area contributed by atoms with Gasteiger partial charge in [0.2, 0.25) is 0 Å². The van der Waals surface area contributed by atoms with Gasteiger partial charge in [0, 0.05) is 0 Å². The zero-order valence-corrected chi connectivity index (χ0v) is 6.46. The molecule has 0 aliphatic heterocycles. The van der Waals surface area contributed by atoms with Crippen LogP contribution in [0.2, 0.25) is 0 Å². The molecule has 0 amide bonds.